The van der Waals surface area contributed by atoms with E-state index in [1.807, 2.05) is 13.8 Å². The average molecular weight is 210 g/mol. The maximum absolute atomic E-state index is 11.3. The van der Waals surface area contributed by atoms with E-state index in [0.717, 1.165) is 0 Å². The Morgan fingerprint density at radius 1 is 1.53 bits per heavy atom. The number of aromatic amines is 1. The number of nitrogens with two attached hydrogens (primary N) is 2. The zero-order valence-corrected chi connectivity index (χ0v) is 8.69. The van der Waals surface area contributed by atoms with Crippen LogP contribution in [0.4, 0.5) is 17.5 Å². The summed E-state index contributed by atoms with van der Waals surface area (Å²) in [5, 5.41) is 5.16. The maximum Gasteiger partial charge on any atom is 0.277 e. The van der Waals surface area contributed by atoms with Crippen molar-refractivity contribution in [2.24, 2.45) is 5.10 Å². The minimum Gasteiger partial charge on any atom is -0.391 e. The van der Waals surface area contributed by atoms with Crippen LogP contribution in [0.3, 0.4) is 0 Å². The van der Waals surface area contributed by atoms with Crippen molar-refractivity contribution < 1.29 is 0 Å². The molecule has 0 unspecified atom stereocenters. The Hall–Kier alpha value is -2.05. The second-order valence-corrected chi connectivity index (χ2v) is 3.27. The lowest BCUT2D eigenvalue weighted by Gasteiger charge is -2.22. The first-order valence-corrected chi connectivity index (χ1v) is 4.38. The lowest BCUT2D eigenvalue weighted by molar-refractivity contribution is 0.706. The Morgan fingerprint density at radius 2 is 2.13 bits per heavy atom. The highest BCUT2D eigenvalue weighted by atomic mass is 16.1. The van der Waals surface area contributed by atoms with Crippen LogP contribution in [0.15, 0.2) is 9.90 Å². The molecule has 0 amide bonds. The van der Waals surface area contributed by atoms with Gasteiger partial charge in [-0.25, -0.2) is 5.01 Å². The van der Waals surface area contributed by atoms with Crippen LogP contribution < -0.4 is 22.0 Å². The summed E-state index contributed by atoms with van der Waals surface area (Å²) < 4.78 is 0. The van der Waals surface area contributed by atoms with E-state index in [4.69, 9.17) is 11.5 Å². The molecule has 5 N–H and O–H groups in total. The first-order valence-electron chi connectivity index (χ1n) is 4.38. The van der Waals surface area contributed by atoms with E-state index in [2.05, 4.69) is 21.8 Å². The third-order valence-electron chi connectivity index (χ3n) is 1.81. The van der Waals surface area contributed by atoms with E-state index in [-0.39, 0.29) is 23.5 Å². The van der Waals surface area contributed by atoms with Crippen LogP contribution in [0.1, 0.15) is 13.8 Å². The zero-order valence-electron chi connectivity index (χ0n) is 8.69. The molecule has 0 aliphatic rings. The molecule has 0 fully saturated rings. The summed E-state index contributed by atoms with van der Waals surface area (Å²) in [4.78, 5) is 17.5. The molecule has 1 heterocycles. The van der Waals surface area contributed by atoms with Gasteiger partial charge in [-0.2, -0.15) is 10.1 Å². The van der Waals surface area contributed by atoms with E-state index in [1.165, 1.54) is 5.01 Å². The van der Waals surface area contributed by atoms with Crippen molar-refractivity contribution in [3.8, 4) is 0 Å². The number of nitrogens with zero attached hydrogens (tertiary/aromatic N) is 3. The average Bonchev–Trinajstić information content (AvgIpc) is 2.13. The third-order valence-corrected chi connectivity index (χ3v) is 1.81. The highest BCUT2D eigenvalue weighted by Gasteiger charge is 2.16. The van der Waals surface area contributed by atoms with Crippen molar-refractivity contribution in [3.63, 3.8) is 0 Å². The number of nitrogen functional groups attached to an aromatic ring is 2. The van der Waals surface area contributed by atoms with Crippen molar-refractivity contribution in [2.75, 3.05) is 16.5 Å². The minimum absolute atomic E-state index is 0.00139. The van der Waals surface area contributed by atoms with Crippen LogP contribution >= 0.6 is 0 Å². The summed E-state index contributed by atoms with van der Waals surface area (Å²) in [5.41, 5.74) is 10.5. The second kappa shape index (κ2) is 3.99. The highest BCUT2D eigenvalue weighted by molar-refractivity contribution is 5.63. The van der Waals surface area contributed by atoms with Crippen LogP contribution in [0, 0.1) is 0 Å². The number of nitrogens with one attached hydrogen (secondary N) is 1. The van der Waals surface area contributed by atoms with Crippen LogP contribution in [0.25, 0.3) is 0 Å². The van der Waals surface area contributed by atoms with Crippen molar-refractivity contribution in [1.82, 2.24) is 9.97 Å². The normalized spacial score (nSPS) is 10.3. The Labute approximate surface area is 86.8 Å². The standard InChI is InChI=1S/C8H14N6O/c1-4(2)14(11-3)6-5(9)7(15)13-8(10)12-6/h4H,3,9H2,1-2H3,(H3,10,12,13,15). The molecule has 7 nitrogen and oxygen atoms in total. The van der Waals surface area contributed by atoms with Gasteiger partial charge in [0.25, 0.3) is 5.56 Å². The monoisotopic (exact) mass is 210 g/mol. The van der Waals surface area contributed by atoms with Gasteiger partial charge in [0.1, 0.15) is 5.69 Å². The summed E-state index contributed by atoms with van der Waals surface area (Å²) in [5.74, 6) is 0.222. The summed E-state index contributed by atoms with van der Waals surface area (Å²) in [6.45, 7) is 7.12. The number of hydrogen-bond acceptors (Lipinski definition) is 6. The fraction of sp³-hybridized carbons (Fsp3) is 0.375. The Balaban J connectivity index is 3.35. The number of anilines is 3. The zero-order chi connectivity index (χ0) is 11.6. The summed E-state index contributed by atoms with van der Waals surface area (Å²) >= 11 is 0. The Kier molecular flexibility index (Phi) is 2.93. The van der Waals surface area contributed by atoms with Gasteiger partial charge in [0.15, 0.2) is 5.82 Å². The largest absolute Gasteiger partial charge is 0.391 e. The summed E-state index contributed by atoms with van der Waals surface area (Å²) in [6, 6.07) is -0.0153. The molecule has 0 atom stereocenters. The molecular weight excluding hydrogens is 196 g/mol. The first kappa shape index (κ1) is 11.0. The Bertz CT molecular complexity index is 424. The summed E-state index contributed by atoms with van der Waals surface area (Å²) in [6.07, 6.45) is 0. The van der Waals surface area contributed by atoms with Crippen molar-refractivity contribution in [2.45, 2.75) is 19.9 Å². The van der Waals surface area contributed by atoms with Gasteiger partial charge >= 0.3 is 0 Å². The van der Waals surface area contributed by atoms with Crippen LogP contribution in [0.2, 0.25) is 0 Å². The van der Waals surface area contributed by atoms with Gasteiger partial charge in [-0.15, -0.1) is 0 Å². The van der Waals surface area contributed by atoms with E-state index in [9.17, 15) is 4.79 Å². The molecule has 0 aromatic carbocycles. The predicted molar refractivity (Wildman–Crippen MR) is 60.8 cm³/mol. The molecule has 1 aromatic rings. The molecule has 0 saturated heterocycles. The summed E-state index contributed by atoms with van der Waals surface area (Å²) in [7, 11) is 0. The molecule has 15 heavy (non-hydrogen) atoms. The molecule has 0 saturated carbocycles. The van der Waals surface area contributed by atoms with Gasteiger partial charge in [-0.3, -0.25) is 9.78 Å². The van der Waals surface area contributed by atoms with Gasteiger partial charge in [-0.05, 0) is 13.8 Å². The molecule has 1 rings (SSSR count). The lowest BCUT2D eigenvalue weighted by atomic mass is 10.3. The molecule has 1 aromatic heterocycles. The van der Waals surface area contributed by atoms with Crippen LogP contribution in [0.5, 0.6) is 0 Å². The minimum atomic E-state index is -0.480. The number of hydrogen-bond donors (Lipinski definition) is 3. The second-order valence-electron chi connectivity index (χ2n) is 3.27. The third kappa shape index (κ3) is 2.06. The van der Waals surface area contributed by atoms with Gasteiger partial charge in [-0.1, -0.05) is 0 Å². The number of rotatable bonds is 3. The fourth-order valence-corrected chi connectivity index (χ4v) is 1.14. The molecule has 0 radical (unpaired) electrons. The number of hydrazone groups is 1. The van der Waals surface area contributed by atoms with Gasteiger partial charge in [0, 0.05) is 12.8 Å². The molecule has 0 spiro atoms. The molecule has 0 bridgehead atoms. The van der Waals surface area contributed by atoms with Crippen molar-refractivity contribution in [3.05, 3.63) is 10.4 Å². The number of aromatic nitrogens is 2. The topological polar surface area (TPSA) is 113 Å². The van der Waals surface area contributed by atoms with E-state index < -0.39 is 5.56 Å². The van der Waals surface area contributed by atoms with Crippen LogP contribution in [-0.4, -0.2) is 22.7 Å². The van der Waals surface area contributed by atoms with Gasteiger partial charge in [0.2, 0.25) is 5.95 Å². The Morgan fingerprint density at radius 3 is 2.60 bits per heavy atom. The highest BCUT2D eigenvalue weighted by Crippen LogP contribution is 2.19. The molecule has 7 heteroatoms. The maximum atomic E-state index is 11.3. The quantitative estimate of drug-likeness (QED) is 0.471. The predicted octanol–water partition coefficient (Wildman–Crippen LogP) is -0.235. The number of H-pyrrole nitrogens is 1. The van der Waals surface area contributed by atoms with Gasteiger partial charge in [0.05, 0.1) is 0 Å². The fourth-order valence-electron chi connectivity index (χ4n) is 1.14. The van der Waals surface area contributed by atoms with Crippen molar-refractivity contribution in [1.29, 1.82) is 0 Å². The smallest absolute Gasteiger partial charge is 0.277 e. The SMILES string of the molecule is C=NN(c1nc(N)[nH]c(=O)c1N)C(C)C. The first-order chi connectivity index (χ1) is 6.97. The molecule has 0 aliphatic heterocycles. The molecule has 82 valence electrons. The van der Waals surface area contributed by atoms with Gasteiger partial charge < -0.3 is 11.5 Å². The molecular formula is C8H14N6O. The molecule has 0 aliphatic carbocycles. The van der Waals surface area contributed by atoms with Crippen LogP contribution in [-0.2, 0) is 0 Å². The van der Waals surface area contributed by atoms with E-state index >= 15 is 0 Å². The van der Waals surface area contributed by atoms with Crippen molar-refractivity contribution >= 4 is 24.2 Å². The lowest BCUT2D eigenvalue weighted by Crippen LogP contribution is -2.29. The van der Waals surface area contributed by atoms with E-state index in [0.29, 0.717) is 0 Å². The van der Waals surface area contributed by atoms with E-state index in [1.54, 1.807) is 0 Å².